The number of allylic oxidation sites excluding steroid dienone is 3. The summed E-state index contributed by atoms with van der Waals surface area (Å²) in [5, 5.41) is 14.8. The molecule has 2 aliphatic carbocycles. The number of carbonyl (C=O) groups excluding carboxylic acids is 4. The van der Waals surface area contributed by atoms with E-state index in [0.717, 1.165) is 13.1 Å². The van der Waals surface area contributed by atoms with Gasteiger partial charge in [-0.15, -0.1) is 0 Å². The van der Waals surface area contributed by atoms with Crippen LogP contribution in [0.15, 0.2) is 35.5 Å². The number of amides is 1. The molecule has 4 aliphatic rings. The second-order valence-corrected chi connectivity index (χ2v) is 10.2. The van der Waals surface area contributed by atoms with E-state index in [2.05, 4.69) is 5.32 Å². The number of nitrogens with zero attached hydrogens (tertiary/aromatic N) is 1. The second kappa shape index (κ2) is 10.8. The standard InChI is InChI=1S/C26H34N2O7.Na/c1-17(21(30)28-15-13-27-14-16-28)5-4-9-24(3)20-8-11-25(23(33)35-24)10-6-19(22(31)32)7-12-26(20,25)34-18(2)29;/h4-6,9,20,27H,7-8,10-16H2,1-3H3,(H,31,32);/q;+1/p-1/b9-4+,17-5+;/t20-,24+,25+,26-;/m0./s1. The van der Waals surface area contributed by atoms with Crippen LogP contribution in [0.5, 0.6) is 0 Å². The largest absolute Gasteiger partial charge is 1.00 e. The van der Waals surface area contributed by atoms with Crippen molar-refractivity contribution in [2.75, 3.05) is 26.2 Å². The van der Waals surface area contributed by atoms with E-state index in [4.69, 9.17) is 9.47 Å². The molecule has 0 unspecified atom stereocenters. The number of carboxylic acids is 1. The molecule has 3 fully saturated rings. The number of aliphatic carboxylic acids is 1. The van der Waals surface area contributed by atoms with Gasteiger partial charge in [0.25, 0.3) is 0 Å². The van der Waals surface area contributed by atoms with Crippen molar-refractivity contribution >= 4 is 23.8 Å². The summed E-state index contributed by atoms with van der Waals surface area (Å²) in [5.41, 5.74) is -2.72. The Bertz CT molecular complexity index is 1030. The predicted molar refractivity (Wildman–Crippen MR) is 123 cm³/mol. The molecule has 0 aromatic carbocycles. The third-order valence-electron chi connectivity index (χ3n) is 8.19. The average molecular weight is 509 g/mol. The van der Waals surface area contributed by atoms with E-state index < -0.39 is 34.5 Å². The first-order chi connectivity index (χ1) is 16.5. The number of rotatable bonds is 5. The van der Waals surface area contributed by atoms with Crippen LogP contribution in [0.4, 0.5) is 0 Å². The fourth-order valence-electron chi connectivity index (χ4n) is 6.44. The Kier molecular flexibility index (Phi) is 8.60. The van der Waals surface area contributed by atoms with Gasteiger partial charge in [-0.1, -0.05) is 18.2 Å². The summed E-state index contributed by atoms with van der Waals surface area (Å²) < 4.78 is 12.0. The molecule has 4 rings (SSSR count). The molecule has 1 N–H and O–H groups in total. The van der Waals surface area contributed by atoms with Gasteiger partial charge in [-0.3, -0.25) is 14.4 Å². The Labute approximate surface area is 233 Å². The molecule has 2 aliphatic heterocycles. The molecule has 1 amide bonds. The molecule has 0 spiro atoms. The van der Waals surface area contributed by atoms with Crippen LogP contribution in [-0.2, 0) is 28.7 Å². The van der Waals surface area contributed by atoms with Crippen molar-refractivity contribution in [1.29, 1.82) is 0 Å². The summed E-state index contributed by atoms with van der Waals surface area (Å²) in [6, 6.07) is 0. The monoisotopic (exact) mass is 508 g/mol. The molecule has 0 aromatic rings. The Morgan fingerprint density at radius 3 is 2.56 bits per heavy atom. The van der Waals surface area contributed by atoms with Gasteiger partial charge in [-0.2, -0.15) is 0 Å². The molecule has 0 aromatic heterocycles. The molecule has 10 heteroatoms. The number of hydrogen-bond acceptors (Lipinski definition) is 8. The quantitative estimate of drug-likeness (QED) is 0.192. The van der Waals surface area contributed by atoms with Crippen LogP contribution in [0.3, 0.4) is 0 Å². The maximum Gasteiger partial charge on any atom is 1.00 e. The van der Waals surface area contributed by atoms with Gasteiger partial charge in [0.1, 0.15) is 16.6 Å². The summed E-state index contributed by atoms with van der Waals surface area (Å²) >= 11 is 0. The number of nitrogens with one attached hydrogen (secondary N) is 1. The number of cyclic esters (lactones) is 1. The molecule has 2 heterocycles. The van der Waals surface area contributed by atoms with Crippen molar-refractivity contribution in [3.8, 4) is 0 Å². The number of esters is 2. The summed E-state index contributed by atoms with van der Waals surface area (Å²) in [5.74, 6) is -2.69. The first-order valence-corrected chi connectivity index (χ1v) is 12.2. The molecule has 2 saturated heterocycles. The topological polar surface area (TPSA) is 125 Å². The first-order valence-electron chi connectivity index (χ1n) is 12.2. The van der Waals surface area contributed by atoms with Crippen molar-refractivity contribution in [2.45, 2.75) is 64.1 Å². The van der Waals surface area contributed by atoms with Crippen molar-refractivity contribution < 1.29 is 63.3 Å². The van der Waals surface area contributed by atoms with Crippen LogP contribution < -0.4 is 40.0 Å². The summed E-state index contributed by atoms with van der Waals surface area (Å²) in [6.07, 6.45) is 8.18. The van der Waals surface area contributed by atoms with Gasteiger partial charge < -0.3 is 29.6 Å². The maximum atomic E-state index is 13.5. The summed E-state index contributed by atoms with van der Waals surface area (Å²) in [6.45, 7) is 7.67. The third-order valence-corrected chi connectivity index (χ3v) is 8.19. The molecular formula is C26H33N2NaO7. The van der Waals surface area contributed by atoms with Crippen molar-refractivity contribution in [1.82, 2.24) is 10.2 Å². The fraction of sp³-hybridized carbons (Fsp3) is 0.615. The van der Waals surface area contributed by atoms with E-state index in [0.29, 0.717) is 31.5 Å². The summed E-state index contributed by atoms with van der Waals surface area (Å²) in [4.78, 5) is 51.9. The number of carbonyl (C=O) groups is 4. The number of hydrogen-bond donors (Lipinski definition) is 1. The number of carboxylic acid groups (broad SMARTS) is 1. The van der Waals surface area contributed by atoms with Crippen molar-refractivity contribution in [2.24, 2.45) is 11.3 Å². The molecule has 9 nitrogen and oxygen atoms in total. The van der Waals surface area contributed by atoms with Gasteiger partial charge in [0.15, 0.2) is 0 Å². The van der Waals surface area contributed by atoms with Crippen LogP contribution in [0.2, 0.25) is 0 Å². The van der Waals surface area contributed by atoms with Crippen LogP contribution in [0.1, 0.15) is 52.9 Å². The minimum absolute atomic E-state index is 0. The normalized spacial score (nSPS) is 34.1. The van der Waals surface area contributed by atoms with E-state index in [-0.39, 0.29) is 66.2 Å². The fourth-order valence-corrected chi connectivity index (χ4v) is 6.44. The molecular weight excluding hydrogens is 475 g/mol. The zero-order valence-corrected chi connectivity index (χ0v) is 23.6. The Balaban J connectivity index is 0.00000361. The number of piperazine rings is 1. The zero-order chi connectivity index (χ0) is 25.4. The summed E-state index contributed by atoms with van der Waals surface area (Å²) in [7, 11) is 0. The van der Waals surface area contributed by atoms with Gasteiger partial charge in [0.2, 0.25) is 5.91 Å². The minimum atomic E-state index is -1.28. The zero-order valence-electron chi connectivity index (χ0n) is 21.6. The van der Waals surface area contributed by atoms with E-state index >= 15 is 0 Å². The predicted octanol–water partition coefficient (Wildman–Crippen LogP) is -2.20. The molecule has 190 valence electrons. The van der Waals surface area contributed by atoms with E-state index in [1.54, 1.807) is 37.0 Å². The average Bonchev–Trinajstić information content (AvgIpc) is 2.95. The van der Waals surface area contributed by atoms with E-state index in [1.165, 1.54) is 13.0 Å². The van der Waals surface area contributed by atoms with Gasteiger partial charge in [0.05, 0.1) is 5.97 Å². The van der Waals surface area contributed by atoms with Gasteiger partial charge in [-0.05, 0) is 57.6 Å². The Morgan fingerprint density at radius 1 is 1.22 bits per heavy atom. The SMILES string of the molecule is CC(=O)O[C@]12CCC(C(=O)[O-])=CC[C@]13CC[C@H]2[C@@](C)(/C=C/C=C(\C)C(=O)N1CCNCC1)OC3=O.[Na+]. The van der Waals surface area contributed by atoms with Crippen molar-refractivity contribution in [3.05, 3.63) is 35.5 Å². The van der Waals surface area contributed by atoms with E-state index in [9.17, 15) is 24.3 Å². The van der Waals surface area contributed by atoms with Crippen LogP contribution in [-0.4, -0.2) is 66.1 Å². The maximum absolute atomic E-state index is 13.5. The second-order valence-electron chi connectivity index (χ2n) is 10.2. The van der Waals surface area contributed by atoms with Crippen LogP contribution >= 0.6 is 0 Å². The smallest absolute Gasteiger partial charge is 0.545 e. The van der Waals surface area contributed by atoms with Gasteiger partial charge in [0, 0.05) is 44.6 Å². The van der Waals surface area contributed by atoms with Gasteiger partial charge in [-0.25, -0.2) is 0 Å². The number of ether oxygens (including phenoxy) is 2. The van der Waals surface area contributed by atoms with E-state index in [1.807, 2.05) is 0 Å². The first kappa shape index (κ1) is 28.6. The molecule has 4 atom stereocenters. The third kappa shape index (κ3) is 4.83. The van der Waals surface area contributed by atoms with Gasteiger partial charge >= 0.3 is 41.5 Å². The Hall–Kier alpha value is -1.94. The van der Waals surface area contributed by atoms with Crippen molar-refractivity contribution in [3.63, 3.8) is 0 Å². The molecule has 1 saturated carbocycles. The Morgan fingerprint density at radius 2 is 1.92 bits per heavy atom. The van der Waals surface area contributed by atoms with Crippen LogP contribution in [0.25, 0.3) is 0 Å². The molecule has 2 bridgehead atoms. The molecule has 0 radical (unpaired) electrons. The minimum Gasteiger partial charge on any atom is -0.545 e. The molecule has 36 heavy (non-hydrogen) atoms. The van der Waals surface area contributed by atoms with Crippen LogP contribution in [0, 0.1) is 11.3 Å².